The van der Waals surface area contributed by atoms with Gasteiger partial charge in [-0.15, -0.1) is 0 Å². The monoisotopic (exact) mass is 248 g/mol. The van der Waals surface area contributed by atoms with E-state index in [-0.39, 0.29) is 0 Å². The first-order valence-corrected chi connectivity index (χ1v) is 6.96. The quantitative estimate of drug-likeness (QED) is 0.885. The summed E-state index contributed by atoms with van der Waals surface area (Å²) in [6.07, 6.45) is 8.33. The van der Waals surface area contributed by atoms with E-state index in [9.17, 15) is 0 Å². The Morgan fingerprint density at radius 3 is 2.65 bits per heavy atom. The largest absolute Gasteiger partial charge is 0.330 e. The number of nitrogens with zero attached hydrogens (tertiary/aromatic N) is 3. The van der Waals surface area contributed by atoms with Gasteiger partial charge in [0.15, 0.2) is 10.5 Å². The molecule has 0 saturated heterocycles. The molecule has 0 spiro atoms. The molecule has 0 amide bonds. The molecule has 90 valence electrons. The average Bonchev–Trinajstić information content (AvgIpc) is 2.82. The molecule has 0 aromatic carbocycles. The molecular formula is C12H16N4S. The van der Waals surface area contributed by atoms with Gasteiger partial charge in [0.25, 0.3) is 0 Å². The Morgan fingerprint density at radius 2 is 1.94 bits per heavy atom. The molecule has 0 unspecified atom stereocenters. The summed E-state index contributed by atoms with van der Waals surface area (Å²) in [5.41, 5.74) is 6.52. The van der Waals surface area contributed by atoms with E-state index in [1.807, 2.05) is 0 Å². The highest BCUT2D eigenvalue weighted by Crippen LogP contribution is 2.37. The first kappa shape index (κ1) is 11.0. The smallest absolute Gasteiger partial charge is 0.189 e. The van der Waals surface area contributed by atoms with Gasteiger partial charge in [0.2, 0.25) is 0 Å². The third kappa shape index (κ3) is 2.17. The van der Waals surface area contributed by atoms with Gasteiger partial charge in [-0.3, -0.25) is 0 Å². The lowest BCUT2D eigenvalue weighted by molar-refractivity contribution is 0.332. The topological polar surface area (TPSA) is 64.7 Å². The third-order valence-electron chi connectivity index (χ3n) is 3.59. The van der Waals surface area contributed by atoms with Crippen LogP contribution in [-0.4, -0.2) is 21.5 Å². The maximum Gasteiger partial charge on any atom is 0.189 e. The lowest BCUT2D eigenvalue weighted by Gasteiger charge is -2.25. The van der Waals surface area contributed by atoms with E-state index in [0.29, 0.717) is 5.92 Å². The maximum atomic E-state index is 5.72. The van der Waals surface area contributed by atoms with Crippen molar-refractivity contribution in [2.75, 3.05) is 6.54 Å². The normalized spacial score (nSPS) is 25.2. The predicted octanol–water partition coefficient (Wildman–Crippen LogP) is 2.32. The van der Waals surface area contributed by atoms with Crippen LogP contribution in [0, 0.1) is 5.92 Å². The molecule has 5 heteroatoms. The van der Waals surface area contributed by atoms with Crippen LogP contribution in [0.1, 0.15) is 36.6 Å². The second-order valence-corrected chi connectivity index (χ2v) is 5.70. The molecule has 3 rings (SSSR count). The average molecular weight is 248 g/mol. The molecule has 4 nitrogen and oxygen atoms in total. The Balaban J connectivity index is 1.80. The van der Waals surface area contributed by atoms with Crippen molar-refractivity contribution >= 4 is 21.8 Å². The summed E-state index contributed by atoms with van der Waals surface area (Å²) in [4.78, 5) is 14.1. The molecular weight excluding hydrogens is 232 g/mol. The fourth-order valence-electron chi connectivity index (χ4n) is 2.51. The number of nitrogens with two attached hydrogens (primary N) is 1. The second kappa shape index (κ2) is 4.66. The van der Waals surface area contributed by atoms with Crippen LogP contribution in [0.3, 0.4) is 0 Å². The summed E-state index contributed by atoms with van der Waals surface area (Å²) in [6.45, 7) is 0.829. The molecule has 1 saturated carbocycles. The van der Waals surface area contributed by atoms with E-state index in [1.54, 1.807) is 23.7 Å². The van der Waals surface area contributed by atoms with Crippen molar-refractivity contribution < 1.29 is 0 Å². The Labute approximate surface area is 104 Å². The lowest BCUT2D eigenvalue weighted by Crippen LogP contribution is -2.20. The fraction of sp³-hybridized carbons (Fsp3) is 0.583. The highest BCUT2D eigenvalue weighted by molar-refractivity contribution is 7.18. The van der Waals surface area contributed by atoms with Crippen molar-refractivity contribution in [2.24, 2.45) is 11.7 Å². The van der Waals surface area contributed by atoms with E-state index in [4.69, 9.17) is 5.73 Å². The van der Waals surface area contributed by atoms with E-state index in [0.717, 1.165) is 22.9 Å². The van der Waals surface area contributed by atoms with E-state index in [2.05, 4.69) is 15.0 Å². The van der Waals surface area contributed by atoms with Gasteiger partial charge in [0.1, 0.15) is 5.01 Å². The van der Waals surface area contributed by atoms with Gasteiger partial charge in [-0.2, -0.15) is 0 Å². The van der Waals surface area contributed by atoms with E-state index >= 15 is 0 Å². The van der Waals surface area contributed by atoms with Crippen molar-refractivity contribution in [3.05, 3.63) is 17.4 Å². The van der Waals surface area contributed by atoms with Crippen molar-refractivity contribution in [3.8, 4) is 0 Å². The standard InChI is InChI=1S/C12H16N4S/c13-7-8-1-3-9(4-2-8)11-16-10-12(17-11)15-6-5-14-10/h5-6,8-9H,1-4,7,13H2. The van der Waals surface area contributed by atoms with Crippen LogP contribution < -0.4 is 5.73 Å². The molecule has 2 aromatic heterocycles. The zero-order chi connectivity index (χ0) is 11.7. The number of hydrogen-bond donors (Lipinski definition) is 1. The summed E-state index contributed by atoms with van der Waals surface area (Å²) in [5.74, 6) is 1.32. The minimum Gasteiger partial charge on any atom is -0.330 e. The number of rotatable bonds is 2. The molecule has 2 aromatic rings. The number of hydrogen-bond acceptors (Lipinski definition) is 5. The van der Waals surface area contributed by atoms with Crippen molar-refractivity contribution in [3.63, 3.8) is 0 Å². The van der Waals surface area contributed by atoms with Crippen LogP contribution >= 0.6 is 11.3 Å². The molecule has 1 aliphatic carbocycles. The predicted molar refractivity (Wildman–Crippen MR) is 69.0 cm³/mol. The minimum absolute atomic E-state index is 0.596. The van der Waals surface area contributed by atoms with Crippen LogP contribution in [0.15, 0.2) is 12.4 Å². The van der Waals surface area contributed by atoms with Crippen LogP contribution in [0.5, 0.6) is 0 Å². The van der Waals surface area contributed by atoms with Crippen LogP contribution in [-0.2, 0) is 0 Å². The summed E-state index contributed by atoms with van der Waals surface area (Å²) in [6, 6.07) is 0. The Kier molecular flexibility index (Phi) is 3.03. The number of fused-ring (bicyclic) bond motifs is 1. The molecule has 2 heterocycles. The SMILES string of the molecule is NCC1CCC(c2nc3nccnc3s2)CC1. The molecule has 0 bridgehead atoms. The zero-order valence-electron chi connectivity index (χ0n) is 9.67. The maximum absolute atomic E-state index is 5.72. The first-order valence-electron chi connectivity index (χ1n) is 6.14. The molecule has 0 radical (unpaired) electrons. The summed E-state index contributed by atoms with van der Waals surface area (Å²) in [5, 5.41) is 1.21. The number of aromatic nitrogens is 3. The summed E-state index contributed by atoms with van der Waals surface area (Å²) < 4.78 is 0. The minimum atomic E-state index is 0.596. The lowest BCUT2D eigenvalue weighted by atomic mass is 9.82. The van der Waals surface area contributed by atoms with Crippen LogP contribution in [0.2, 0.25) is 0 Å². The highest BCUT2D eigenvalue weighted by Gasteiger charge is 2.24. The number of thiazole rings is 1. The van der Waals surface area contributed by atoms with Gasteiger partial charge in [-0.1, -0.05) is 11.3 Å². The Morgan fingerprint density at radius 1 is 1.18 bits per heavy atom. The molecule has 1 aliphatic rings. The fourth-order valence-corrected chi connectivity index (χ4v) is 3.55. The van der Waals surface area contributed by atoms with Gasteiger partial charge < -0.3 is 5.73 Å². The van der Waals surface area contributed by atoms with Crippen molar-refractivity contribution in [2.45, 2.75) is 31.6 Å². The second-order valence-electron chi connectivity index (χ2n) is 4.69. The third-order valence-corrected chi connectivity index (χ3v) is 4.71. The van der Waals surface area contributed by atoms with Crippen LogP contribution in [0.4, 0.5) is 0 Å². The summed E-state index contributed by atoms with van der Waals surface area (Å²) >= 11 is 1.70. The zero-order valence-corrected chi connectivity index (χ0v) is 10.5. The Hall–Kier alpha value is -1.07. The molecule has 17 heavy (non-hydrogen) atoms. The van der Waals surface area contributed by atoms with Crippen molar-refractivity contribution in [1.82, 2.24) is 15.0 Å². The van der Waals surface area contributed by atoms with E-state index in [1.165, 1.54) is 30.7 Å². The van der Waals surface area contributed by atoms with Crippen molar-refractivity contribution in [1.29, 1.82) is 0 Å². The molecule has 2 N–H and O–H groups in total. The molecule has 0 aliphatic heterocycles. The van der Waals surface area contributed by atoms with Gasteiger partial charge in [-0.05, 0) is 38.1 Å². The molecule has 0 atom stereocenters. The Bertz CT molecular complexity index is 469. The van der Waals surface area contributed by atoms with E-state index < -0.39 is 0 Å². The van der Waals surface area contributed by atoms with Crippen LogP contribution in [0.25, 0.3) is 10.5 Å². The van der Waals surface area contributed by atoms with Gasteiger partial charge in [0.05, 0.1) is 0 Å². The molecule has 1 fully saturated rings. The first-order chi connectivity index (χ1) is 8.36. The van der Waals surface area contributed by atoms with Gasteiger partial charge in [-0.25, -0.2) is 15.0 Å². The van der Waals surface area contributed by atoms with Gasteiger partial charge >= 0.3 is 0 Å². The summed E-state index contributed by atoms with van der Waals surface area (Å²) in [7, 11) is 0. The van der Waals surface area contributed by atoms with Gasteiger partial charge in [0, 0.05) is 18.3 Å². The highest BCUT2D eigenvalue weighted by atomic mass is 32.1.